The standard InChI is InChI=1S/C9H15NO/c1-7(2)8(11)9(3)5-4-6-10-9/h10H,1,4-6H2,2-3H3/t9-/m1/s1. The summed E-state index contributed by atoms with van der Waals surface area (Å²) >= 11 is 0. The molecule has 1 heterocycles. The second-order valence-electron chi connectivity index (χ2n) is 3.47. The van der Waals surface area contributed by atoms with Crippen molar-refractivity contribution in [2.75, 3.05) is 6.54 Å². The number of Topliss-reactive ketones (excluding diaryl/α,β-unsaturated/α-hetero) is 1. The molecule has 62 valence electrons. The number of hydrogen-bond acceptors (Lipinski definition) is 2. The van der Waals surface area contributed by atoms with Crippen molar-refractivity contribution in [3.05, 3.63) is 12.2 Å². The van der Waals surface area contributed by atoms with Gasteiger partial charge >= 0.3 is 0 Å². The van der Waals surface area contributed by atoms with Gasteiger partial charge < -0.3 is 5.32 Å². The number of nitrogens with one attached hydrogen (secondary N) is 1. The molecule has 0 radical (unpaired) electrons. The van der Waals surface area contributed by atoms with Crippen molar-refractivity contribution >= 4 is 5.78 Å². The van der Waals surface area contributed by atoms with Gasteiger partial charge in [-0.05, 0) is 38.8 Å². The van der Waals surface area contributed by atoms with Crippen molar-refractivity contribution in [2.45, 2.75) is 32.2 Å². The van der Waals surface area contributed by atoms with Crippen LogP contribution in [0.2, 0.25) is 0 Å². The number of ketones is 1. The molecule has 0 spiro atoms. The Hall–Kier alpha value is -0.630. The van der Waals surface area contributed by atoms with Crippen LogP contribution in [0.15, 0.2) is 12.2 Å². The Morgan fingerprint density at radius 2 is 2.27 bits per heavy atom. The molecule has 0 saturated carbocycles. The Bertz CT molecular complexity index is 190. The Balaban J connectivity index is 2.71. The summed E-state index contributed by atoms with van der Waals surface area (Å²) in [5.41, 5.74) is 0.341. The first-order valence-corrected chi connectivity index (χ1v) is 4.01. The minimum Gasteiger partial charge on any atom is -0.305 e. The molecule has 1 rings (SSSR count). The van der Waals surface area contributed by atoms with Crippen LogP contribution < -0.4 is 5.32 Å². The molecule has 0 aromatic heterocycles. The Morgan fingerprint density at radius 3 is 2.64 bits per heavy atom. The average Bonchev–Trinajstić information content (AvgIpc) is 2.35. The van der Waals surface area contributed by atoms with Gasteiger partial charge in [0.1, 0.15) is 0 Å². The topological polar surface area (TPSA) is 29.1 Å². The van der Waals surface area contributed by atoms with Gasteiger partial charge in [-0.2, -0.15) is 0 Å². The highest BCUT2D eigenvalue weighted by atomic mass is 16.1. The fraction of sp³-hybridized carbons (Fsp3) is 0.667. The smallest absolute Gasteiger partial charge is 0.177 e. The summed E-state index contributed by atoms with van der Waals surface area (Å²) in [4.78, 5) is 11.5. The van der Waals surface area contributed by atoms with Crippen molar-refractivity contribution in [2.24, 2.45) is 0 Å². The van der Waals surface area contributed by atoms with Crippen molar-refractivity contribution in [1.82, 2.24) is 5.32 Å². The van der Waals surface area contributed by atoms with Crippen LogP contribution in [0, 0.1) is 0 Å². The maximum atomic E-state index is 11.5. The quantitative estimate of drug-likeness (QED) is 0.605. The summed E-state index contributed by atoms with van der Waals surface area (Å²) in [6.45, 7) is 8.34. The first-order valence-electron chi connectivity index (χ1n) is 4.01. The van der Waals surface area contributed by atoms with Crippen LogP contribution >= 0.6 is 0 Å². The molecule has 2 nitrogen and oxygen atoms in total. The van der Waals surface area contributed by atoms with Crippen molar-refractivity contribution in [3.8, 4) is 0 Å². The van der Waals surface area contributed by atoms with Gasteiger partial charge in [0.15, 0.2) is 5.78 Å². The molecule has 1 aliphatic heterocycles. The fourth-order valence-corrected chi connectivity index (χ4v) is 1.56. The van der Waals surface area contributed by atoms with Crippen LogP contribution in [0.4, 0.5) is 0 Å². The van der Waals surface area contributed by atoms with E-state index in [4.69, 9.17) is 0 Å². The van der Waals surface area contributed by atoms with Gasteiger partial charge in [-0.25, -0.2) is 0 Å². The molecule has 2 heteroatoms. The maximum absolute atomic E-state index is 11.5. The molecule has 1 aliphatic rings. The van der Waals surface area contributed by atoms with Crippen LogP contribution in [0.5, 0.6) is 0 Å². The summed E-state index contributed by atoms with van der Waals surface area (Å²) < 4.78 is 0. The summed E-state index contributed by atoms with van der Waals surface area (Å²) in [7, 11) is 0. The van der Waals surface area contributed by atoms with E-state index in [0.717, 1.165) is 19.4 Å². The van der Waals surface area contributed by atoms with E-state index >= 15 is 0 Å². The third-order valence-corrected chi connectivity index (χ3v) is 2.26. The molecule has 11 heavy (non-hydrogen) atoms. The lowest BCUT2D eigenvalue weighted by atomic mass is 9.91. The first-order chi connectivity index (χ1) is 5.06. The van der Waals surface area contributed by atoms with E-state index in [0.29, 0.717) is 5.57 Å². The monoisotopic (exact) mass is 153 g/mol. The number of hydrogen-bond donors (Lipinski definition) is 1. The number of rotatable bonds is 2. The fourth-order valence-electron chi connectivity index (χ4n) is 1.56. The lowest BCUT2D eigenvalue weighted by molar-refractivity contribution is -0.120. The van der Waals surface area contributed by atoms with E-state index in [-0.39, 0.29) is 11.3 Å². The van der Waals surface area contributed by atoms with Gasteiger partial charge in [-0.1, -0.05) is 6.58 Å². The van der Waals surface area contributed by atoms with E-state index in [1.807, 2.05) is 6.92 Å². The zero-order chi connectivity index (χ0) is 8.48. The molecular formula is C9H15NO. The average molecular weight is 153 g/mol. The molecule has 0 aromatic rings. The molecule has 0 bridgehead atoms. The minimum atomic E-state index is -0.314. The lowest BCUT2D eigenvalue weighted by Crippen LogP contribution is -2.44. The summed E-state index contributed by atoms with van der Waals surface area (Å²) in [5.74, 6) is 0.162. The van der Waals surface area contributed by atoms with E-state index in [1.54, 1.807) is 6.92 Å². The highest BCUT2D eigenvalue weighted by Crippen LogP contribution is 2.21. The van der Waals surface area contributed by atoms with Gasteiger partial charge in [0, 0.05) is 0 Å². The lowest BCUT2D eigenvalue weighted by Gasteiger charge is -2.22. The molecule has 1 N–H and O–H groups in total. The van der Waals surface area contributed by atoms with Crippen LogP contribution in [-0.2, 0) is 4.79 Å². The third-order valence-electron chi connectivity index (χ3n) is 2.26. The normalized spacial score (nSPS) is 30.4. The summed E-state index contributed by atoms with van der Waals surface area (Å²) in [5, 5.41) is 3.20. The zero-order valence-corrected chi connectivity index (χ0v) is 7.24. The van der Waals surface area contributed by atoms with Crippen LogP contribution in [0.3, 0.4) is 0 Å². The Kier molecular flexibility index (Phi) is 2.14. The molecule has 0 unspecified atom stereocenters. The van der Waals surface area contributed by atoms with Gasteiger partial charge in [-0.15, -0.1) is 0 Å². The highest BCUT2D eigenvalue weighted by Gasteiger charge is 2.35. The first kappa shape index (κ1) is 8.47. The number of carbonyl (C=O) groups excluding carboxylic acids is 1. The van der Waals surface area contributed by atoms with Gasteiger partial charge in [0.05, 0.1) is 5.54 Å². The number of carbonyl (C=O) groups is 1. The SMILES string of the molecule is C=C(C)C(=O)[C@@]1(C)CCCN1. The highest BCUT2D eigenvalue weighted by molar-refractivity contribution is 6.01. The molecule has 1 saturated heterocycles. The molecule has 1 fully saturated rings. The van der Waals surface area contributed by atoms with Crippen molar-refractivity contribution in [3.63, 3.8) is 0 Å². The Labute approximate surface area is 67.7 Å². The molecule has 0 amide bonds. The molecular weight excluding hydrogens is 138 g/mol. The minimum absolute atomic E-state index is 0.162. The summed E-state index contributed by atoms with van der Waals surface area (Å²) in [6.07, 6.45) is 2.04. The van der Waals surface area contributed by atoms with E-state index in [9.17, 15) is 4.79 Å². The third kappa shape index (κ3) is 1.51. The van der Waals surface area contributed by atoms with Crippen LogP contribution in [0.1, 0.15) is 26.7 Å². The molecule has 0 aromatic carbocycles. The Morgan fingerprint density at radius 1 is 1.64 bits per heavy atom. The van der Waals surface area contributed by atoms with Gasteiger partial charge in [-0.3, -0.25) is 4.79 Å². The second-order valence-corrected chi connectivity index (χ2v) is 3.47. The van der Waals surface area contributed by atoms with Crippen molar-refractivity contribution < 1.29 is 4.79 Å². The maximum Gasteiger partial charge on any atom is 0.177 e. The van der Waals surface area contributed by atoms with Crippen LogP contribution in [0.25, 0.3) is 0 Å². The molecule has 1 atom stereocenters. The van der Waals surface area contributed by atoms with Crippen molar-refractivity contribution in [1.29, 1.82) is 0 Å². The van der Waals surface area contributed by atoms with Gasteiger partial charge in [0.25, 0.3) is 0 Å². The zero-order valence-electron chi connectivity index (χ0n) is 7.24. The molecule has 0 aliphatic carbocycles. The second kappa shape index (κ2) is 2.78. The predicted molar refractivity (Wildman–Crippen MR) is 45.5 cm³/mol. The van der Waals surface area contributed by atoms with E-state index in [2.05, 4.69) is 11.9 Å². The predicted octanol–water partition coefficient (Wildman–Crippen LogP) is 1.27. The van der Waals surface area contributed by atoms with E-state index < -0.39 is 0 Å². The van der Waals surface area contributed by atoms with E-state index in [1.165, 1.54) is 0 Å². The summed E-state index contributed by atoms with van der Waals surface area (Å²) in [6, 6.07) is 0. The van der Waals surface area contributed by atoms with Crippen LogP contribution in [-0.4, -0.2) is 17.9 Å². The van der Waals surface area contributed by atoms with Gasteiger partial charge in [0.2, 0.25) is 0 Å². The largest absolute Gasteiger partial charge is 0.305 e.